The summed E-state index contributed by atoms with van der Waals surface area (Å²) in [5.74, 6) is 0.799. The Morgan fingerprint density at radius 2 is 1.90 bits per heavy atom. The second-order valence-electron chi connectivity index (χ2n) is 6.10. The van der Waals surface area contributed by atoms with Gasteiger partial charge in [-0.1, -0.05) is 42.7 Å². The van der Waals surface area contributed by atoms with Crippen LogP contribution in [0.2, 0.25) is 0 Å². The van der Waals surface area contributed by atoms with E-state index in [1.807, 2.05) is 0 Å². The zero-order chi connectivity index (χ0) is 14.4. The summed E-state index contributed by atoms with van der Waals surface area (Å²) in [6.07, 6.45) is 6.14. The van der Waals surface area contributed by atoms with E-state index in [2.05, 4.69) is 36.5 Å². The minimum atomic E-state index is 0.141. The summed E-state index contributed by atoms with van der Waals surface area (Å²) in [7, 11) is 0. The molecule has 0 spiro atoms. The number of hydrogen-bond acceptors (Lipinski definition) is 1. The first kappa shape index (κ1) is 15.4. The van der Waals surface area contributed by atoms with Crippen molar-refractivity contribution < 1.29 is 4.79 Å². The molecule has 1 fully saturated rings. The highest BCUT2D eigenvalue weighted by molar-refractivity contribution is 6.18. The fourth-order valence-electron chi connectivity index (χ4n) is 2.87. The SMILES string of the molecule is Cc1ccc(CCC(=O)NCC2(CCl)CCCC2)cc1. The minimum absolute atomic E-state index is 0.141. The van der Waals surface area contributed by atoms with Crippen molar-refractivity contribution in [1.82, 2.24) is 5.32 Å². The first-order valence-electron chi connectivity index (χ1n) is 7.52. The van der Waals surface area contributed by atoms with Gasteiger partial charge in [-0.05, 0) is 31.7 Å². The first-order valence-corrected chi connectivity index (χ1v) is 8.05. The van der Waals surface area contributed by atoms with Crippen molar-refractivity contribution in [1.29, 1.82) is 0 Å². The highest BCUT2D eigenvalue weighted by Gasteiger charge is 2.33. The molecule has 2 nitrogen and oxygen atoms in total. The van der Waals surface area contributed by atoms with Gasteiger partial charge in [-0.25, -0.2) is 0 Å². The van der Waals surface area contributed by atoms with Crippen LogP contribution in [0.15, 0.2) is 24.3 Å². The van der Waals surface area contributed by atoms with Crippen LogP contribution in [-0.4, -0.2) is 18.3 Å². The molecule has 1 aromatic carbocycles. The number of nitrogens with one attached hydrogen (secondary N) is 1. The van der Waals surface area contributed by atoms with Crippen LogP contribution in [0.3, 0.4) is 0 Å². The summed E-state index contributed by atoms with van der Waals surface area (Å²) in [4.78, 5) is 11.9. The topological polar surface area (TPSA) is 29.1 Å². The Bertz CT molecular complexity index is 435. The van der Waals surface area contributed by atoms with Crippen molar-refractivity contribution in [2.75, 3.05) is 12.4 Å². The second-order valence-corrected chi connectivity index (χ2v) is 6.37. The molecule has 0 aromatic heterocycles. The van der Waals surface area contributed by atoms with Gasteiger partial charge in [0.05, 0.1) is 0 Å². The van der Waals surface area contributed by atoms with E-state index in [1.165, 1.54) is 24.0 Å². The molecular weight excluding hydrogens is 270 g/mol. The van der Waals surface area contributed by atoms with Gasteiger partial charge < -0.3 is 5.32 Å². The van der Waals surface area contributed by atoms with Crippen LogP contribution < -0.4 is 5.32 Å². The van der Waals surface area contributed by atoms with Crippen LogP contribution in [0.25, 0.3) is 0 Å². The number of halogens is 1. The predicted molar refractivity (Wildman–Crippen MR) is 84.1 cm³/mol. The summed E-state index contributed by atoms with van der Waals surface area (Å²) >= 11 is 6.08. The fraction of sp³-hybridized carbons (Fsp3) is 0.588. The van der Waals surface area contributed by atoms with E-state index in [1.54, 1.807) is 0 Å². The van der Waals surface area contributed by atoms with E-state index in [0.717, 1.165) is 25.8 Å². The molecule has 1 aromatic rings. The smallest absolute Gasteiger partial charge is 0.220 e. The predicted octanol–water partition coefficient (Wildman–Crippen LogP) is 3.84. The van der Waals surface area contributed by atoms with Gasteiger partial charge in [0.1, 0.15) is 0 Å². The molecule has 1 amide bonds. The van der Waals surface area contributed by atoms with Crippen molar-refractivity contribution in [3.63, 3.8) is 0 Å². The standard InChI is InChI=1S/C17H24ClNO/c1-14-4-6-15(7-5-14)8-9-16(20)19-13-17(12-18)10-2-3-11-17/h4-7H,2-3,8-13H2,1H3,(H,19,20). The van der Waals surface area contributed by atoms with Gasteiger partial charge in [-0.3, -0.25) is 4.79 Å². The van der Waals surface area contributed by atoms with Crippen LogP contribution >= 0.6 is 11.6 Å². The van der Waals surface area contributed by atoms with E-state index >= 15 is 0 Å². The van der Waals surface area contributed by atoms with Crippen LogP contribution in [0.5, 0.6) is 0 Å². The molecule has 110 valence electrons. The highest BCUT2D eigenvalue weighted by Crippen LogP contribution is 2.38. The second kappa shape index (κ2) is 7.12. The third-order valence-corrected chi connectivity index (χ3v) is 4.94. The number of alkyl halides is 1. The molecule has 1 aliphatic rings. The fourth-order valence-corrected chi connectivity index (χ4v) is 3.23. The van der Waals surface area contributed by atoms with Crippen LogP contribution in [0.1, 0.15) is 43.2 Å². The lowest BCUT2D eigenvalue weighted by atomic mass is 9.88. The molecule has 2 rings (SSSR count). The molecule has 0 aliphatic heterocycles. The highest BCUT2D eigenvalue weighted by atomic mass is 35.5. The molecule has 0 bridgehead atoms. The van der Waals surface area contributed by atoms with E-state index < -0.39 is 0 Å². The molecule has 3 heteroatoms. The molecule has 1 N–H and O–H groups in total. The maximum Gasteiger partial charge on any atom is 0.220 e. The van der Waals surface area contributed by atoms with E-state index in [0.29, 0.717) is 12.3 Å². The number of hydrogen-bond donors (Lipinski definition) is 1. The third-order valence-electron chi connectivity index (χ3n) is 4.37. The van der Waals surface area contributed by atoms with Crippen molar-refractivity contribution in [3.8, 4) is 0 Å². The molecule has 1 saturated carbocycles. The maximum absolute atomic E-state index is 11.9. The average molecular weight is 294 g/mol. The van der Waals surface area contributed by atoms with Gasteiger partial charge in [-0.2, -0.15) is 0 Å². The maximum atomic E-state index is 11.9. The number of amides is 1. The van der Waals surface area contributed by atoms with Crippen molar-refractivity contribution in [2.45, 2.75) is 45.4 Å². The number of aryl methyl sites for hydroxylation is 2. The van der Waals surface area contributed by atoms with Crippen LogP contribution in [0, 0.1) is 12.3 Å². The summed E-state index contributed by atoms with van der Waals surface area (Å²) in [6.45, 7) is 2.81. The normalized spacial score (nSPS) is 17.1. The Kier molecular flexibility index (Phi) is 5.47. The van der Waals surface area contributed by atoms with Gasteiger partial charge in [0.25, 0.3) is 0 Å². The van der Waals surface area contributed by atoms with Crippen molar-refractivity contribution in [2.24, 2.45) is 5.41 Å². The molecule has 0 unspecified atom stereocenters. The Morgan fingerprint density at radius 1 is 1.25 bits per heavy atom. The Hall–Kier alpha value is -1.02. The van der Waals surface area contributed by atoms with E-state index in [-0.39, 0.29) is 11.3 Å². The molecule has 0 saturated heterocycles. The van der Waals surface area contributed by atoms with Crippen LogP contribution in [-0.2, 0) is 11.2 Å². The first-order chi connectivity index (χ1) is 9.63. The van der Waals surface area contributed by atoms with E-state index in [9.17, 15) is 4.79 Å². The van der Waals surface area contributed by atoms with Gasteiger partial charge in [0.2, 0.25) is 5.91 Å². The van der Waals surface area contributed by atoms with Gasteiger partial charge in [0, 0.05) is 24.3 Å². The number of carbonyl (C=O) groups excluding carboxylic acids is 1. The zero-order valence-corrected chi connectivity index (χ0v) is 13.0. The lowest BCUT2D eigenvalue weighted by Gasteiger charge is -2.26. The lowest BCUT2D eigenvalue weighted by molar-refractivity contribution is -0.121. The molecular formula is C17H24ClNO. The Balaban J connectivity index is 1.74. The quantitative estimate of drug-likeness (QED) is 0.793. The lowest BCUT2D eigenvalue weighted by Crippen LogP contribution is -2.37. The molecule has 0 heterocycles. The summed E-state index contributed by atoms with van der Waals surface area (Å²) in [5, 5.41) is 3.07. The molecule has 0 radical (unpaired) electrons. The summed E-state index contributed by atoms with van der Waals surface area (Å²) < 4.78 is 0. The van der Waals surface area contributed by atoms with Gasteiger partial charge in [-0.15, -0.1) is 11.6 Å². The van der Waals surface area contributed by atoms with Crippen molar-refractivity contribution >= 4 is 17.5 Å². The Morgan fingerprint density at radius 3 is 2.50 bits per heavy atom. The molecule has 20 heavy (non-hydrogen) atoms. The summed E-state index contributed by atoms with van der Waals surface area (Å²) in [5.41, 5.74) is 2.63. The zero-order valence-electron chi connectivity index (χ0n) is 12.3. The molecule has 0 atom stereocenters. The van der Waals surface area contributed by atoms with Crippen LogP contribution in [0.4, 0.5) is 0 Å². The van der Waals surface area contributed by atoms with E-state index in [4.69, 9.17) is 11.6 Å². The minimum Gasteiger partial charge on any atom is -0.355 e. The monoisotopic (exact) mass is 293 g/mol. The third kappa shape index (κ3) is 4.24. The number of carbonyl (C=O) groups is 1. The van der Waals surface area contributed by atoms with Crippen molar-refractivity contribution in [3.05, 3.63) is 35.4 Å². The Labute approximate surface area is 126 Å². The molecule has 1 aliphatic carbocycles. The average Bonchev–Trinajstić information content (AvgIpc) is 2.94. The van der Waals surface area contributed by atoms with Gasteiger partial charge >= 0.3 is 0 Å². The number of rotatable bonds is 6. The largest absolute Gasteiger partial charge is 0.355 e. The summed E-state index contributed by atoms with van der Waals surface area (Å²) in [6, 6.07) is 8.38. The number of benzene rings is 1. The van der Waals surface area contributed by atoms with Gasteiger partial charge in [0.15, 0.2) is 0 Å².